The molecule has 0 bridgehead atoms. The number of methoxy groups -OCH3 is 2. The van der Waals surface area contributed by atoms with Crippen LogP contribution < -0.4 is 20.5 Å². The van der Waals surface area contributed by atoms with E-state index in [-0.39, 0.29) is 16.9 Å². The Bertz CT molecular complexity index is 674. The van der Waals surface area contributed by atoms with Gasteiger partial charge in [-0.3, -0.25) is 4.79 Å². The van der Waals surface area contributed by atoms with E-state index >= 15 is 0 Å². The maximum Gasteiger partial charge on any atom is 0.258 e. The van der Waals surface area contributed by atoms with Crippen molar-refractivity contribution in [2.75, 3.05) is 25.3 Å². The number of ether oxygens (including phenoxy) is 2. The predicted octanol–water partition coefficient (Wildman–Crippen LogP) is 2.68. The fraction of sp³-hybridized carbons (Fsp3) is 0.133. The van der Waals surface area contributed by atoms with Crippen molar-refractivity contribution < 1.29 is 18.7 Å². The molecule has 0 aliphatic rings. The highest BCUT2D eigenvalue weighted by molar-refractivity contribution is 6.08. The number of carbonyl (C=O) groups excluding carboxylic acids is 1. The third kappa shape index (κ3) is 3.05. The Morgan fingerprint density at radius 2 is 1.90 bits per heavy atom. The maximum absolute atomic E-state index is 13.6. The van der Waals surface area contributed by atoms with E-state index in [0.717, 1.165) is 0 Å². The minimum Gasteiger partial charge on any atom is -0.497 e. The predicted molar refractivity (Wildman–Crippen MR) is 78.3 cm³/mol. The van der Waals surface area contributed by atoms with Crippen LogP contribution in [0.4, 0.5) is 15.8 Å². The summed E-state index contributed by atoms with van der Waals surface area (Å²) in [6, 6.07) is 8.90. The van der Waals surface area contributed by atoms with Crippen molar-refractivity contribution in [2.24, 2.45) is 0 Å². The molecule has 0 spiro atoms. The van der Waals surface area contributed by atoms with Crippen LogP contribution in [0.1, 0.15) is 10.4 Å². The van der Waals surface area contributed by atoms with Crippen molar-refractivity contribution in [2.45, 2.75) is 0 Å². The Labute approximate surface area is 121 Å². The highest BCUT2D eigenvalue weighted by Crippen LogP contribution is 2.31. The van der Waals surface area contributed by atoms with E-state index in [1.165, 1.54) is 38.5 Å². The Morgan fingerprint density at radius 1 is 1.19 bits per heavy atom. The molecule has 0 saturated carbocycles. The average molecular weight is 290 g/mol. The van der Waals surface area contributed by atoms with E-state index in [1.807, 2.05) is 0 Å². The van der Waals surface area contributed by atoms with Gasteiger partial charge in [-0.15, -0.1) is 0 Å². The summed E-state index contributed by atoms with van der Waals surface area (Å²) >= 11 is 0. The van der Waals surface area contributed by atoms with Crippen molar-refractivity contribution in [3.8, 4) is 11.5 Å². The fourth-order valence-corrected chi connectivity index (χ4v) is 1.83. The number of amides is 1. The highest BCUT2D eigenvalue weighted by Gasteiger charge is 2.17. The minimum absolute atomic E-state index is 0.0729. The fourth-order valence-electron chi connectivity index (χ4n) is 1.83. The van der Waals surface area contributed by atoms with Crippen LogP contribution in [0.3, 0.4) is 0 Å². The summed E-state index contributed by atoms with van der Waals surface area (Å²) in [5.74, 6) is -0.346. The zero-order valence-corrected chi connectivity index (χ0v) is 11.6. The smallest absolute Gasteiger partial charge is 0.258 e. The van der Waals surface area contributed by atoms with Gasteiger partial charge in [0.25, 0.3) is 5.91 Å². The van der Waals surface area contributed by atoms with Gasteiger partial charge in [0, 0.05) is 6.07 Å². The molecule has 0 fully saturated rings. The molecule has 0 radical (unpaired) electrons. The van der Waals surface area contributed by atoms with Gasteiger partial charge < -0.3 is 20.5 Å². The van der Waals surface area contributed by atoms with Gasteiger partial charge in [0.1, 0.15) is 17.3 Å². The number of rotatable bonds is 4. The van der Waals surface area contributed by atoms with Crippen LogP contribution in [0.15, 0.2) is 36.4 Å². The number of nitrogens with two attached hydrogens (primary N) is 1. The first-order chi connectivity index (χ1) is 10.1. The van der Waals surface area contributed by atoms with Crippen LogP contribution >= 0.6 is 0 Å². The van der Waals surface area contributed by atoms with Gasteiger partial charge in [-0.2, -0.15) is 0 Å². The second-order valence-corrected chi connectivity index (χ2v) is 4.22. The summed E-state index contributed by atoms with van der Waals surface area (Å²) in [5, 5.41) is 2.46. The lowest BCUT2D eigenvalue weighted by atomic mass is 10.1. The van der Waals surface area contributed by atoms with Crippen molar-refractivity contribution in [1.82, 2.24) is 0 Å². The van der Waals surface area contributed by atoms with Crippen molar-refractivity contribution in [1.29, 1.82) is 0 Å². The number of anilines is 2. The van der Waals surface area contributed by atoms with Gasteiger partial charge in [0.2, 0.25) is 0 Å². The molecular formula is C15H15FN2O3. The Morgan fingerprint density at radius 3 is 2.52 bits per heavy atom. The normalized spacial score (nSPS) is 10.0. The molecule has 0 aliphatic carbocycles. The number of nitrogen functional groups attached to an aromatic ring is 1. The minimum atomic E-state index is -0.546. The van der Waals surface area contributed by atoms with E-state index in [4.69, 9.17) is 15.2 Å². The van der Waals surface area contributed by atoms with Crippen LogP contribution in [0.25, 0.3) is 0 Å². The van der Waals surface area contributed by atoms with Gasteiger partial charge >= 0.3 is 0 Å². The first kappa shape index (κ1) is 14.6. The standard InChI is InChI=1S/C15H15FN2O3/c1-20-9-7-10(14(17)13(8-9)21-2)15(19)18-12-6-4-3-5-11(12)16/h3-8H,17H2,1-2H3,(H,18,19). The highest BCUT2D eigenvalue weighted by atomic mass is 19.1. The third-order valence-electron chi connectivity index (χ3n) is 2.94. The Hall–Kier alpha value is -2.76. The van der Waals surface area contributed by atoms with Gasteiger partial charge in [0.05, 0.1) is 31.2 Å². The summed E-state index contributed by atoms with van der Waals surface area (Å²) in [5.41, 5.74) is 6.25. The largest absolute Gasteiger partial charge is 0.497 e. The quantitative estimate of drug-likeness (QED) is 0.849. The lowest BCUT2D eigenvalue weighted by Gasteiger charge is -2.13. The SMILES string of the molecule is COc1cc(OC)c(N)c(C(=O)Nc2ccccc2F)c1. The second-order valence-electron chi connectivity index (χ2n) is 4.22. The monoisotopic (exact) mass is 290 g/mol. The molecular weight excluding hydrogens is 275 g/mol. The molecule has 0 saturated heterocycles. The molecule has 6 heteroatoms. The Kier molecular flexibility index (Phi) is 4.27. The molecule has 0 aromatic heterocycles. The van der Waals surface area contributed by atoms with E-state index in [0.29, 0.717) is 11.5 Å². The average Bonchev–Trinajstić information content (AvgIpc) is 2.49. The first-order valence-corrected chi connectivity index (χ1v) is 6.14. The molecule has 0 atom stereocenters. The first-order valence-electron chi connectivity index (χ1n) is 6.14. The van der Waals surface area contributed by atoms with Crippen LogP contribution in [-0.4, -0.2) is 20.1 Å². The molecule has 1 amide bonds. The summed E-state index contributed by atoms with van der Waals surface area (Å²) in [4.78, 5) is 12.3. The van der Waals surface area contributed by atoms with Crippen LogP contribution in [0, 0.1) is 5.82 Å². The number of benzene rings is 2. The number of carbonyl (C=O) groups is 1. The van der Waals surface area contributed by atoms with Crippen molar-refractivity contribution in [3.05, 3.63) is 47.8 Å². The van der Waals surface area contributed by atoms with Gasteiger partial charge in [-0.05, 0) is 18.2 Å². The third-order valence-corrected chi connectivity index (χ3v) is 2.94. The second kappa shape index (κ2) is 6.13. The van der Waals surface area contributed by atoms with Crippen LogP contribution in [0.5, 0.6) is 11.5 Å². The molecule has 2 aromatic carbocycles. The van der Waals surface area contributed by atoms with Crippen molar-refractivity contribution >= 4 is 17.3 Å². The molecule has 0 aliphatic heterocycles. The van der Waals surface area contributed by atoms with Crippen LogP contribution in [0.2, 0.25) is 0 Å². The summed E-state index contributed by atoms with van der Waals surface area (Å²) in [6.45, 7) is 0. The number of halogens is 1. The molecule has 2 rings (SSSR count). The van der Waals surface area contributed by atoms with Crippen LogP contribution in [-0.2, 0) is 0 Å². The summed E-state index contributed by atoms with van der Waals surface area (Å²) in [7, 11) is 2.90. The molecule has 110 valence electrons. The molecule has 0 heterocycles. The lowest BCUT2D eigenvalue weighted by Crippen LogP contribution is -2.15. The number of para-hydroxylation sites is 1. The molecule has 3 N–H and O–H groups in total. The number of hydrogen-bond acceptors (Lipinski definition) is 4. The summed E-state index contributed by atoms with van der Waals surface area (Å²) < 4.78 is 23.7. The van der Waals surface area contributed by atoms with Gasteiger partial charge in [-0.1, -0.05) is 12.1 Å². The van der Waals surface area contributed by atoms with E-state index < -0.39 is 11.7 Å². The molecule has 21 heavy (non-hydrogen) atoms. The molecule has 2 aromatic rings. The number of nitrogens with one attached hydrogen (secondary N) is 1. The summed E-state index contributed by atoms with van der Waals surface area (Å²) in [6.07, 6.45) is 0. The van der Waals surface area contributed by atoms with Gasteiger partial charge in [-0.25, -0.2) is 4.39 Å². The topological polar surface area (TPSA) is 73.6 Å². The molecule has 5 nitrogen and oxygen atoms in total. The Balaban J connectivity index is 2.37. The lowest BCUT2D eigenvalue weighted by molar-refractivity contribution is 0.102. The van der Waals surface area contributed by atoms with E-state index in [2.05, 4.69) is 5.32 Å². The van der Waals surface area contributed by atoms with Gasteiger partial charge in [0.15, 0.2) is 0 Å². The maximum atomic E-state index is 13.6. The molecule has 0 unspecified atom stereocenters. The zero-order valence-electron chi connectivity index (χ0n) is 11.6. The van der Waals surface area contributed by atoms with E-state index in [9.17, 15) is 9.18 Å². The van der Waals surface area contributed by atoms with Crippen molar-refractivity contribution in [3.63, 3.8) is 0 Å². The number of hydrogen-bond donors (Lipinski definition) is 2. The van der Waals surface area contributed by atoms with E-state index in [1.54, 1.807) is 12.1 Å². The zero-order chi connectivity index (χ0) is 15.4.